The first-order chi connectivity index (χ1) is 8.11. The van der Waals surface area contributed by atoms with Crippen LogP contribution in [0.15, 0.2) is 12.3 Å². The second kappa shape index (κ2) is 4.93. The van der Waals surface area contributed by atoms with Crippen LogP contribution < -0.4 is 10.6 Å². The smallest absolute Gasteiger partial charge is 0.168 e. The van der Waals surface area contributed by atoms with Gasteiger partial charge < -0.3 is 15.4 Å². The van der Waals surface area contributed by atoms with Crippen molar-refractivity contribution in [3.05, 3.63) is 23.9 Å². The fraction of sp³-hybridized carbons (Fsp3) is 0.545. The summed E-state index contributed by atoms with van der Waals surface area (Å²) in [7, 11) is 0. The van der Waals surface area contributed by atoms with E-state index in [9.17, 15) is 8.78 Å². The van der Waals surface area contributed by atoms with Crippen LogP contribution in [-0.2, 0) is 4.74 Å². The first kappa shape index (κ1) is 12.2. The normalized spacial score (nSPS) is 25.1. The summed E-state index contributed by atoms with van der Waals surface area (Å²) in [5, 5.41) is 0. The Labute approximate surface area is 98.4 Å². The van der Waals surface area contributed by atoms with E-state index in [1.54, 1.807) is 4.90 Å². The van der Waals surface area contributed by atoms with Crippen LogP contribution in [-0.4, -0.2) is 36.8 Å². The van der Waals surface area contributed by atoms with Gasteiger partial charge in [-0.05, 0) is 6.92 Å². The lowest BCUT2D eigenvalue weighted by molar-refractivity contribution is 0.0277. The summed E-state index contributed by atoms with van der Waals surface area (Å²) in [5.41, 5.74) is 5.53. The Morgan fingerprint density at radius 2 is 2.35 bits per heavy atom. The predicted molar refractivity (Wildman–Crippen MR) is 59.8 cm³/mol. The molecule has 1 saturated heterocycles. The van der Waals surface area contributed by atoms with Crippen molar-refractivity contribution in [3.8, 4) is 0 Å². The van der Waals surface area contributed by atoms with Crippen molar-refractivity contribution >= 4 is 5.82 Å². The average molecular weight is 243 g/mol. The standard InChI is InChI=1S/C11H15F2N3O/c1-7-6-17-9(3-14)5-16(7)11-10(13)2-8(12)4-15-11/h2,4,7,9H,3,5-6,14H2,1H3. The Balaban J connectivity index is 2.24. The van der Waals surface area contributed by atoms with E-state index in [0.29, 0.717) is 19.7 Å². The summed E-state index contributed by atoms with van der Waals surface area (Å²) in [6.07, 6.45) is 0.871. The number of halogens is 2. The number of anilines is 1. The van der Waals surface area contributed by atoms with Gasteiger partial charge in [0.1, 0.15) is 5.82 Å². The zero-order valence-electron chi connectivity index (χ0n) is 9.57. The molecule has 0 amide bonds. The third-order valence-electron chi connectivity index (χ3n) is 2.83. The molecule has 0 aliphatic carbocycles. The predicted octanol–water partition coefficient (Wildman–Crippen LogP) is 0.912. The zero-order valence-corrected chi connectivity index (χ0v) is 9.57. The Morgan fingerprint density at radius 3 is 3.00 bits per heavy atom. The number of nitrogens with two attached hydrogens (primary N) is 1. The summed E-state index contributed by atoms with van der Waals surface area (Å²) in [6, 6.07) is 0.826. The number of ether oxygens (including phenoxy) is 1. The number of nitrogens with zero attached hydrogens (tertiary/aromatic N) is 2. The van der Waals surface area contributed by atoms with Gasteiger partial charge in [0.2, 0.25) is 0 Å². The molecule has 1 aliphatic rings. The third kappa shape index (κ3) is 2.53. The summed E-state index contributed by atoms with van der Waals surface area (Å²) in [6.45, 7) is 3.19. The van der Waals surface area contributed by atoms with Crippen molar-refractivity contribution in [1.29, 1.82) is 0 Å². The molecule has 2 atom stereocenters. The molecule has 1 fully saturated rings. The molecule has 0 aromatic carbocycles. The quantitative estimate of drug-likeness (QED) is 0.839. The Kier molecular flexibility index (Phi) is 3.54. The Bertz CT molecular complexity index is 402. The van der Waals surface area contributed by atoms with E-state index in [2.05, 4.69) is 4.98 Å². The van der Waals surface area contributed by atoms with Crippen LogP contribution in [0, 0.1) is 11.6 Å². The Morgan fingerprint density at radius 1 is 1.59 bits per heavy atom. The summed E-state index contributed by atoms with van der Waals surface area (Å²) < 4.78 is 31.9. The van der Waals surface area contributed by atoms with E-state index in [1.807, 2.05) is 6.92 Å². The number of aromatic nitrogens is 1. The van der Waals surface area contributed by atoms with Gasteiger partial charge in [0.15, 0.2) is 11.6 Å². The van der Waals surface area contributed by atoms with Crippen molar-refractivity contribution in [1.82, 2.24) is 4.98 Å². The molecule has 2 rings (SSSR count). The lowest BCUT2D eigenvalue weighted by Crippen LogP contribution is -2.51. The molecule has 4 nitrogen and oxygen atoms in total. The second-order valence-corrected chi connectivity index (χ2v) is 4.15. The van der Waals surface area contributed by atoms with Crippen molar-refractivity contribution in [3.63, 3.8) is 0 Å². The molecule has 2 heterocycles. The monoisotopic (exact) mass is 243 g/mol. The van der Waals surface area contributed by atoms with Crippen LogP contribution in [0.4, 0.5) is 14.6 Å². The zero-order chi connectivity index (χ0) is 12.4. The van der Waals surface area contributed by atoms with Crippen LogP contribution in [0.25, 0.3) is 0 Å². The van der Waals surface area contributed by atoms with Gasteiger partial charge >= 0.3 is 0 Å². The molecule has 17 heavy (non-hydrogen) atoms. The molecule has 0 saturated carbocycles. The number of hydrogen-bond donors (Lipinski definition) is 1. The van der Waals surface area contributed by atoms with E-state index in [1.165, 1.54) is 0 Å². The summed E-state index contributed by atoms with van der Waals surface area (Å²) in [4.78, 5) is 5.56. The fourth-order valence-electron chi connectivity index (χ4n) is 1.87. The average Bonchev–Trinajstić information content (AvgIpc) is 2.30. The second-order valence-electron chi connectivity index (χ2n) is 4.15. The van der Waals surface area contributed by atoms with Crippen molar-refractivity contribution in [2.75, 3.05) is 24.6 Å². The van der Waals surface area contributed by atoms with Crippen LogP contribution in [0.5, 0.6) is 0 Å². The van der Waals surface area contributed by atoms with Crippen molar-refractivity contribution in [2.45, 2.75) is 19.1 Å². The maximum absolute atomic E-state index is 13.6. The van der Waals surface area contributed by atoms with Gasteiger partial charge in [-0.1, -0.05) is 0 Å². The SMILES string of the molecule is CC1COC(CN)CN1c1ncc(F)cc1F. The highest BCUT2D eigenvalue weighted by Gasteiger charge is 2.28. The van der Waals surface area contributed by atoms with Gasteiger partial charge in [-0.15, -0.1) is 0 Å². The van der Waals surface area contributed by atoms with E-state index in [-0.39, 0.29) is 18.0 Å². The molecule has 1 aromatic rings. The molecule has 6 heteroatoms. The Hall–Kier alpha value is -1.27. The van der Waals surface area contributed by atoms with Crippen molar-refractivity contribution in [2.24, 2.45) is 5.73 Å². The maximum Gasteiger partial charge on any atom is 0.168 e. The van der Waals surface area contributed by atoms with Crippen LogP contribution in [0.1, 0.15) is 6.92 Å². The van der Waals surface area contributed by atoms with Gasteiger partial charge in [0, 0.05) is 19.2 Å². The molecule has 94 valence electrons. The molecule has 2 N–H and O–H groups in total. The van der Waals surface area contributed by atoms with Crippen LogP contribution >= 0.6 is 0 Å². The molecular weight excluding hydrogens is 228 g/mol. The molecular formula is C11H15F2N3O. The van der Waals surface area contributed by atoms with Gasteiger partial charge in [0.25, 0.3) is 0 Å². The largest absolute Gasteiger partial charge is 0.373 e. The first-order valence-electron chi connectivity index (χ1n) is 5.51. The van der Waals surface area contributed by atoms with Crippen molar-refractivity contribution < 1.29 is 13.5 Å². The van der Waals surface area contributed by atoms with Gasteiger partial charge in [-0.25, -0.2) is 13.8 Å². The number of hydrogen-bond acceptors (Lipinski definition) is 4. The topological polar surface area (TPSA) is 51.4 Å². The molecule has 1 aliphatic heterocycles. The first-order valence-corrected chi connectivity index (χ1v) is 5.51. The van der Waals surface area contributed by atoms with Gasteiger partial charge in [-0.2, -0.15) is 0 Å². The van der Waals surface area contributed by atoms with Gasteiger partial charge in [-0.3, -0.25) is 0 Å². The molecule has 0 bridgehead atoms. The maximum atomic E-state index is 13.6. The number of rotatable bonds is 2. The van der Waals surface area contributed by atoms with Crippen LogP contribution in [0.2, 0.25) is 0 Å². The van der Waals surface area contributed by atoms with E-state index in [4.69, 9.17) is 10.5 Å². The number of morpholine rings is 1. The lowest BCUT2D eigenvalue weighted by atomic mass is 10.2. The summed E-state index contributed by atoms with van der Waals surface area (Å²) in [5.74, 6) is -1.18. The molecule has 0 radical (unpaired) electrons. The minimum absolute atomic E-state index is 0.00902. The summed E-state index contributed by atoms with van der Waals surface area (Å²) >= 11 is 0. The molecule has 2 unspecified atom stereocenters. The highest BCUT2D eigenvalue weighted by Crippen LogP contribution is 2.22. The highest BCUT2D eigenvalue weighted by molar-refractivity contribution is 5.41. The van der Waals surface area contributed by atoms with Gasteiger partial charge in [0.05, 0.1) is 24.9 Å². The minimum Gasteiger partial charge on any atom is -0.373 e. The molecule has 0 spiro atoms. The number of pyridine rings is 1. The van der Waals surface area contributed by atoms with E-state index < -0.39 is 11.6 Å². The lowest BCUT2D eigenvalue weighted by Gasteiger charge is -2.38. The third-order valence-corrected chi connectivity index (χ3v) is 2.83. The molecule has 1 aromatic heterocycles. The minimum atomic E-state index is -0.678. The van der Waals surface area contributed by atoms with Crippen LogP contribution in [0.3, 0.4) is 0 Å². The van der Waals surface area contributed by atoms with E-state index >= 15 is 0 Å². The highest BCUT2D eigenvalue weighted by atomic mass is 19.1. The fourth-order valence-corrected chi connectivity index (χ4v) is 1.87. The van der Waals surface area contributed by atoms with E-state index in [0.717, 1.165) is 12.3 Å².